The van der Waals surface area contributed by atoms with Crippen molar-refractivity contribution in [1.29, 1.82) is 0 Å². The molecular formula is C27H34N2. The van der Waals surface area contributed by atoms with E-state index in [-0.39, 0.29) is 0 Å². The number of fused-ring (bicyclic) bond motifs is 1. The lowest BCUT2D eigenvalue weighted by molar-refractivity contribution is 0.508. The number of para-hydroxylation sites is 1. The van der Waals surface area contributed by atoms with Gasteiger partial charge in [-0.3, -0.25) is 4.98 Å². The van der Waals surface area contributed by atoms with E-state index in [0.29, 0.717) is 0 Å². The molecular weight excluding hydrogens is 352 g/mol. The summed E-state index contributed by atoms with van der Waals surface area (Å²) in [6.07, 6.45) is 20.8. The van der Waals surface area contributed by atoms with Crippen LogP contribution in [0.2, 0.25) is 0 Å². The van der Waals surface area contributed by atoms with E-state index in [1.54, 1.807) is 0 Å². The SMILES string of the molecule is Cc1nc2ccccc2c(CCCn2cccc2)c1C/C=C/CCC1CCCC1. The summed E-state index contributed by atoms with van der Waals surface area (Å²) in [4.78, 5) is 4.92. The predicted molar refractivity (Wildman–Crippen MR) is 123 cm³/mol. The topological polar surface area (TPSA) is 17.8 Å². The van der Waals surface area contributed by atoms with Gasteiger partial charge in [-0.2, -0.15) is 0 Å². The lowest BCUT2D eigenvalue weighted by Crippen LogP contribution is -2.04. The number of pyridine rings is 1. The summed E-state index contributed by atoms with van der Waals surface area (Å²) in [5.41, 5.74) is 5.27. The zero-order chi connectivity index (χ0) is 19.9. The second kappa shape index (κ2) is 9.91. The molecule has 3 aromatic rings. The van der Waals surface area contributed by atoms with E-state index in [4.69, 9.17) is 4.98 Å². The molecule has 1 aliphatic rings. The number of nitrogens with zero attached hydrogens (tertiary/aromatic N) is 2. The van der Waals surface area contributed by atoms with Crippen molar-refractivity contribution in [3.63, 3.8) is 0 Å². The second-order valence-corrected chi connectivity index (χ2v) is 8.60. The number of hydrogen-bond donors (Lipinski definition) is 0. The molecule has 152 valence electrons. The third-order valence-electron chi connectivity index (χ3n) is 6.53. The van der Waals surface area contributed by atoms with E-state index in [1.165, 1.54) is 60.7 Å². The van der Waals surface area contributed by atoms with Gasteiger partial charge in [0.15, 0.2) is 0 Å². The molecule has 0 atom stereocenters. The molecule has 2 aromatic heterocycles. The maximum absolute atomic E-state index is 4.92. The molecule has 0 amide bonds. The zero-order valence-electron chi connectivity index (χ0n) is 17.8. The Balaban J connectivity index is 1.47. The fraction of sp³-hybridized carbons (Fsp3) is 0.444. The monoisotopic (exact) mass is 386 g/mol. The van der Waals surface area contributed by atoms with Crippen LogP contribution in [0.15, 0.2) is 60.9 Å². The van der Waals surface area contributed by atoms with Crippen LogP contribution in [0, 0.1) is 12.8 Å². The Bertz CT molecular complexity index is 931. The molecule has 4 rings (SSSR count). The number of hydrogen-bond acceptors (Lipinski definition) is 1. The van der Waals surface area contributed by atoms with Crippen LogP contribution in [0.5, 0.6) is 0 Å². The molecule has 2 heterocycles. The first-order chi connectivity index (χ1) is 14.3. The first-order valence-corrected chi connectivity index (χ1v) is 11.4. The lowest BCUT2D eigenvalue weighted by Gasteiger charge is -2.15. The fourth-order valence-electron chi connectivity index (χ4n) is 4.92. The van der Waals surface area contributed by atoms with Crippen molar-refractivity contribution in [2.45, 2.75) is 71.3 Å². The fourth-order valence-corrected chi connectivity index (χ4v) is 4.92. The summed E-state index contributed by atoms with van der Waals surface area (Å²) in [7, 11) is 0. The first-order valence-electron chi connectivity index (χ1n) is 11.4. The average molecular weight is 387 g/mol. The van der Waals surface area contributed by atoms with Crippen molar-refractivity contribution >= 4 is 10.9 Å². The van der Waals surface area contributed by atoms with Crippen molar-refractivity contribution in [2.75, 3.05) is 0 Å². The van der Waals surface area contributed by atoms with E-state index in [1.807, 2.05) is 0 Å². The minimum Gasteiger partial charge on any atom is -0.354 e. The highest BCUT2D eigenvalue weighted by atomic mass is 14.9. The Kier molecular flexibility index (Phi) is 6.82. The Morgan fingerprint density at radius 1 is 1.00 bits per heavy atom. The number of allylic oxidation sites excluding steroid dienone is 2. The summed E-state index contributed by atoms with van der Waals surface area (Å²) < 4.78 is 2.28. The van der Waals surface area contributed by atoms with Gasteiger partial charge in [-0.1, -0.05) is 56.0 Å². The normalized spacial score (nSPS) is 15.1. The standard InChI is InChI=1S/C27H34N2/c1-22-24(15-4-2-3-12-23-13-5-6-14-23)25(17-11-21-29-19-9-10-20-29)26-16-7-8-18-27(26)28-22/h2,4,7-10,16,18-20,23H,3,5-6,11-15,17,21H2,1H3/b4-2+. The zero-order valence-corrected chi connectivity index (χ0v) is 17.8. The average Bonchev–Trinajstić information content (AvgIpc) is 3.43. The number of benzene rings is 1. The van der Waals surface area contributed by atoms with Crippen LogP contribution in [0.3, 0.4) is 0 Å². The highest BCUT2D eigenvalue weighted by Crippen LogP contribution is 2.29. The summed E-state index contributed by atoms with van der Waals surface area (Å²) in [5, 5.41) is 1.33. The molecule has 0 aliphatic heterocycles. The van der Waals surface area contributed by atoms with E-state index >= 15 is 0 Å². The van der Waals surface area contributed by atoms with Gasteiger partial charge in [-0.05, 0) is 74.3 Å². The van der Waals surface area contributed by atoms with Gasteiger partial charge in [0, 0.05) is 30.0 Å². The molecule has 0 radical (unpaired) electrons. The second-order valence-electron chi connectivity index (χ2n) is 8.60. The molecule has 2 nitrogen and oxygen atoms in total. The molecule has 1 aromatic carbocycles. The molecule has 1 aliphatic carbocycles. The Hall–Kier alpha value is -2.35. The molecule has 0 spiro atoms. The van der Waals surface area contributed by atoms with Gasteiger partial charge in [-0.15, -0.1) is 0 Å². The van der Waals surface area contributed by atoms with Gasteiger partial charge in [0.05, 0.1) is 5.52 Å². The van der Waals surface area contributed by atoms with Gasteiger partial charge in [0.1, 0.15) is 0 Å². The van der Waals surface area contributed by atoms with E-state index < -0.39 is 0 Å². The molecule has 2 heteroatoms. The number of rotatable bonds is 9. The minimum atomic E-state index is 0.980. The van der Waals surface area contributed by atoms with Gasteiger partial charge in [-0.25, -0.2) is 0 Å². The van der Waals surface area contributed by atoms with Crippen molar-refractivity contribution in [3.8, 4) is 0 Å². The van der Waals surface area contributed by atoms with Gasteiger partial charge in [0.25, 0.3) is 0 Å². The maximum Gasteiger partial charge on any atom is 0.0708 e. The highest BCUT2D eigenvalue weighted by Gasteiger charge is 2.14. The molecule has 0 saturated heterocycles. The Morgan fingerprint density at radius 3 is 2.62 bits per heavy atom. The van der Waals surface area contributed by atoms with Crippen LogP contribution in [0.25, 0.3) is 10.9 Å². The predicted octanol–water partition coefficient (Wildman–Crippen LogP) is 7.05. The molecule has 1 saturated carbocycles. The van der Waals surface area contributed by atoms with Crippen molar-refractivity contribution in [3.05, 3.63) is 77.8 Å². The lowest BCUT2D eigenvalue weighted by atomic mass is 9.94. The van der Waals surface area contributed by atoms with Crippen LogP contribution >= 0.6 is 0 Å². The number of aromatic nitrogens is 2. The van der Waals surface area contributed by atoms with Crippen LogP contribution < -0.4 is 0 Å². The van der Waals surface area contributed by atoms with Crippen molar-refractivity contribution in [1.82, 2.24) is 9.55 Å². The van der Waals surface area contributed by atoms with Crippen molar-refractivity contribution < 1.29 is 0 Å². The van der Waals surface area contributed by atoms with Gasteiger partial charge in [0.2, 0.25) is 0 Å². The third kappa shape index (κ3) is 5.18. The largest absolute Gasteiger partial charge is 0.354 e. The van der Waals surface area contributed by atoms with Gasteiger partial charge < -0.3 is 4.57 Å². The molecule has 0 bridgehead atoms. The summed E-state index contributed by atoms with van der Waals surface area (Å²) in [6.45, 7) is 3.25. The van der Waals surface area contributed by atoms with Crippen LogP contribution in [0.1, 0.15) is 61.8 Å². The molecule has 0 N–H and O–H groups in total. The highest BCUT2D eigenvalue weighted by molar-refractivity contribution is 5.83. The van der Waals surface area contributed by atoms with Gasteiger partial charge >= 0.3 is 0 Å². The van der Waals surface area contributed by atoms with Crippen molar-refractivity contribution in [2.24, 2.45) is 5.92 Å². The molecule has 1 fully saturated rings. The quantitative estimate of drug-likeness (QED) is 0.360. The van der Waals surface area contributed by atoms with Crippen LogP contribution in [0.4, 0.5) is 0 Å². The summed E-state index contributed by atoms with van der Waals surface area (Å²) >= 11 is 0. The summed E-state index contributed by atoms with van der Waals surface area (Å²) in [6, 6.07) is 12.9. The first kappa shape index (κ1) is 19.9. The third-order valence-corrected chi connectivity index (χ3v) is 6.53. The minimum absolute atomic E-state index is 0.980. The Labute approximate surface area is 175 Å². The molecule has 0 unspecified atom stereocenters. The van der Waals surface area contributed by atoms with E-state index in [2.05, 4.69) is 72.4 Å². The van der Waals surface area contributed by atoms with Crippen LogP contribution in [-0.4, -0.2) is 9.55 Å². The molecule has 29 heavy (non-hydrogen) atoms. The van der Waals surface area contributed by atoms with E-state index in [9.17, 15) is 0 Å². The van der Waals surface area contributed by atoms with Crippen LogP contribution in [-0.2, 0) is 19.4 Å². The smallest absolute Gasteiger partial charge is 0.0708 e. The summed E-state index contributed by atoms with van der Waals surface area (Å²) in [5.74, 6) is 0.980. The van der Waals surface area contributed by atoms with E-state index in [0.717, 1.165) is 37.2 Å². The number of aryl methyl sites for hydroxylation is 3. The Morgan fingerprint density at radius 2 is 1.79 bits per heavy atom. The maximum atomic E-state index is 4.92.